The zero-order chi connectivity index (χ0) is 17.9. The number of hydrogen-bond donors (Lipinski definition) is 1. The fourth-order valence-electron chi connectivity index (χ4n) is 2.42. The Hall–Kier alpha value is -2.86. The molecule has 0 saturated heterocycles. The van der Waals surface area contributed by atoms with Crippen molar-refractivity contribution in [2.45, 2.75) is 32.6 Å². The minimum atomic E-state index is -0.154. The molecular weight excluding hydrogens is 310 g/mol. The molecule has 0 aromatic heterocycles. The molecule has 0 fully saturated rings. The van der Waals surface area contributed by atoms with Gasteiger partial charge in [0.1, 0.15) is 0 Å². The first-order valence-corrected chi connectivity index (χ1v) is 8.62. The van der Waals surface area contributed by atoms with E-state index in [2.05, 4.69) is 24.1 Å². The van der Waals surface area contributed by atoms with E-state index in [0.717, 1.165) is 18.4 Å². The Morgan fingerprint density at radius 2 is 1.68 bits per heavy atom. The molecule has 0 heterocycles. The van der Waals surface area contributed by atoms with Crippen LogP contribution in [-0.2, 0) is 11.2 Å². The number of nitrogens with one attached hydrogen (secondary N) is 1. The Kier molecular flexibility index (Phi) is 7.46. The van der Waals surface area contributed by atoms with Crippen molar-refractivity contribution in [2.24, 2.45) is 0 Å². The molecule has 0 aliphatic carbocycles. The van der Waals surface area contributed by atoms with Crippen LogP contribution in [0.1, 0.15) is 47.7 Å². The van der Waals surface area contributed by atoms with Crippen LogP contribution in [0.2, 0.25) is 0 Å². The fourth-order valence-corrected chi connectivity index (χ4v) is 2.42. The van der Waals surface area contributed by atoms with Crippen molar-refractivity contribution >= 4 is 11.7 Å². The summed E-state index contributed by atoms with van der Waals surface area (Å²) in [5.74, 6) is 5.72. The van der Waals surface area contributed by atoms with Gasteiger partial charge in [-0.25, -0.2) is 0 Å². The molecule has 1 amide bonds. The minimum Gasteiger partial charge on any atom is -0.345 e. The summed E-state index contributed by atoms with van der Waals surface area (Å²) in [7, 11) is 0. The molecule has 128 valence electrons. The summed E-state index contributed by atoms with van der Waals surface area (Å²) < 4.78 is 0. The van der Waals surface area contributed by atoms with E-state index in [1.165, 1.54) is 5.56 Å². The molecule has 0 aliphatic heterocycles. The maximum atomic E-state index is 12.1. The van der Waals surface area contributed by atoms with E-state index >= 15 is 0 Å². The highest BCUT2D eigenvalue weighted by atomic mass is 16.2. The second-order valence-electron chi connectivity index (χ2n) is 5.81. The third-order valence-corrected chi connectivity index (χ3v) is 3.77. The summed E-state index contributed by atoms with van der Waals surface area (Å²) in [4.78, 5) is 23.9. The number of ketones is 1. The lowest BCUT2D eigenvalue weighted by Crippen LogP contribution is -2.24. The molecule has 0 atom stereocenters. The molecule has 2 aromatic carbocycles. The second-order valence-corrected chi connectivity index (χ2v) is 5.81. The van der Waals surface area contributed by atoms with Crippen molar-refractivity contribution in [3.05, 3.63) is 71.3 Å². The highest BCUT2D eigenvalue weighted by molar-refractivity contribution is 5.97. The van der Waals surface area contributed by atoms with Gasteiger partial charge in [-0.05, 0) is 24.1 Å². The Labute approximate surface area is 149 Å². The number of Topliss-reactive ketones (excluding diaryl/α,β-unsaturated/α-hetero) is 1. The van der Waals surface area contributed by atoms with E-state index in [1.807, 2.05) is 54.6 Å². The van der Waals surface area contributed by atoms with E-state index in [0.29, 0.717) is 5.56 Å². The molecule has 25 heavy (non-hydrogen) atoms. The molecular formula is C22H23NO2. The summed E-state index contributed by atoms with van der Waals surface area (Å²) in [5.41, 5.74) is 2.81. The van der Waals surface area contributed by atoms with Gasteiger partial charge >= 0.3 is 0 Å². The Morgan fingerprint density at radius 1 is 0.960 bits per heavy atom. The van der Waals surface area contributed by atoms with Crippen molar-refractivity contribution < 1.29 is 9.59 Å². The smallest absolute Gasteiger partial charge is 0.221 e. The van der Waals surface area contributed by atoms with Crippen molar-refractivity contribution in [1.29, 1.82) is 0 Å². The molecule has 0 spiro atoms. The zero-order valence-corrected chi connectivity index (χ0v) is 14.5. The normalized spacial score (nSPS) is 9.80. The molecule has 3 heteroatoms. The van der Waals surface area contributed by atoms with Crippen LogP contribution in [0, 0.1) is 11.8 Å². The van der Waals surface area contributed by atoms with Crippen LogP contribution in [0.15, 0.2) is 54.6 Å². The van der Waals surface area contributed by atoms with Gasteiger partial charge < -0.3 is 5.32 Å². The average molecular weight is 333 g/mol. The molecule has 2 rings (SSSR count). The number of carbonyl (C=O) groups excluding carboxylic acids is 2. The first kappa shape index (κ1) is 18.5. The number of rotatable bonds is 7. The highest BCUT2D eigenvalue weighted by Crippen LogP contribution is 2.09. The first-order chi connectivity index (χ1) is 12.2. The van der Waals surface area contributed by atoms with Crippen LogP contribution < -0.4 is 5.32 Å². The van der Waals surface area contributed by atoms with Crippen LogP contribution in [0.25, 0.3) is 0 Å². The maximum Gasteiger partial charge on any atom is 0.221 e. The lowest BCUT2D eigenvalue weighted by Gasteiger charge is -2.03. The van der Waals surface area contributed by atoms with Crippen molar-refractivity contribution in [2.75, 3.05) is 6.54 Å². The van der Waals surface area contributed by atoms with Gasteiger partial charge in [0.05, 0.1) is 6.54 Å². The predicted molar refractivity (Wildman–Crippen MR) is 100 cm³/mol. The van der Waals surface area contributed by atoms with Gasteiger partial charge in [-0.1, -0.05) is 67.6 Å². The van der Waals surface area contributed by atoms with Gasteiger partial charge in [-0.15, -0.1) is 0 Å². The van der Waals surface area contributed by atoms with E-state index in [4.69, 9.17) is 0 Å². The van der Waals surface area contributed by atoms with Gasteiger partial charge in [0.15, 0.2) is 5.78 Å². The van der Waals surface area contributed by atoms with Gasteiger partial charge in [0.2, 0.25) is 5.91 Å². The van der Waals surface area contributed by atoms with Crippen LogP contribution in [0.4, 0.5) is 0 Å². The van der Waals surface area contributed by atoms with Gasteiger partial charge in [0, 0.05) is 24.0 Å². The monoisotopic (exact) mass is 333 g/mol. The molecule has 0 radical (unpaired) electrons. The summed E-state index contributed by atoms with van der Waals surface area (Å²) in [6.07, 6.45) is 2.50. The molecule has 0 aliphatic rings. The van der Waals surface area contributed by atoms with E-state index < -0.39 is 0 Å². The third kappa shape index (κ3) is 6.64. The van der Waals surface area contributed by atoms with Crippen molar-refractivity contribution in [3.63, 3.8) is 0 Å². The minimum absolute atomic E-state index is 0.00596. The summed E-state index contributed by atoms with van der Waals surface area (Å²) in [6, 6.07) is 17.3. The molecule has 1 N–H and O–H groups in total. The zero-order valence-electron chi connectivity index (χ0n) is 14.5. The summed E-state index contributed by atoms with van der Waals surface area (Å²) >= 11 is 0. The summed E-state index contributed by atoms with van der Waals surface area (Å²) in [6.45, 7) is 2.41. The van der Waals surface area contributed by atoms with Crippen LogP contribution in [0.3, 0.4) is 0 Å². The largest absolute Gasteiger partial charge is 0.345 e. The summed E-state index contributed by atoms with van der Waals surface area (Å²) in [5, 5.41) is 2.72. The maximum absolute atomic E-state index is 12.1. The highest BCUT2D eigenvalue weighted by Gasteiger charge is 2.08. The Morgan fingerprint density at radius 3 is 2.36 bits per heavy atom. The quantitative estimate of drug-likeness (QED) is 0.619. The topological polar surface area (TPSA) is 46.2 Å². The lowest BCUT2D eigenvalue weighted by atomic mass is 10.0. The van der Waals surface area contributed by atoms with Crippen LogP contribution >= 0.6 is 0 Å². The fraction of sp³-hybridized carbons (Fsp3) is 0.273. The van der Waals surface area contributed by atoms with E-state index in [-0.39, 0.29) is 31.1 Å². The van der Waals surface area contributed by atoms with Gasteiger partial charge in [-0.2, -0.15) is 0 Å². The third-order valence-electron chi connectivity index (χ3n) is 3.77. The average Bonchev–Trinajstić information content (AvgIpc) is 2.65. The molecule has 2 aromatic rings. The lowest BCUT2D eigenvalue weighted by molar-refractivity contribution is -0.120. The van der Waals surface area contributed by atoms with Gasteiger partial charge in [0.25, 0.3) is 0 Å². The number of amides is 1. The number of hydrogen-bond acceptors (Lipinski definition) is 2. The molecule has 0 bridgehead atoms. The Balaban J connectivity index is 1.72. The van der Waals surface area contributed by atoms with Crippen LogP contribution in [0.5, 0.6) is 0 Å². The SMILES string of the molecule is CCCc1ccc(C(=O)CCC(=O)NCC#Cc2ccccc2)cc1. The van der Waals surface area contributed by atoms with Gasteiger partial charge in [-0.3, -0.25) is 9.59 Å². The van der Waals surface area contributed by atoms with Crippen LogP contribution in [-0.4, -0.2) is 18.2 Å². The second kappa shape index (κ2) is 10.1. The van der Waals surface area contributed by atoms with E-state index in [1.54, 1.807) is 0 Å². The Bertz CT molecular complexity index is 752. The van der Waals surface area contributed by atoms with E-state index in [9.17, 15) is 9.59 Å². The molecule has 0 saturated carbocycles. The van der Waals surface area contributed by atoms with Crippen molar-refractivity contribution in [3.8, 4) is 11.8 Å². The number of carbonyl (C=O) groups is 2. The predicted octanol–water partition coefficient (Wildman–Crippen LogP) is 3.77. The standard InChI is InChI=1S/C22H23NO2/c1-2-7-18-11-13-20(14-12-18)21(24)15-16-22(25)23-17-6-10-19-8-4-3-5-9-19/h3-5,8-9,11-14H,2,7,15-17H2,1H3,(H,23,25). The van der Waals surface area contributed by atoms with Crippen molar-refractivity contribution in [1.82, 2.24) is 5.32 Å². The number of benzene rings is 2. The molecule has 0 unspecified atom stereocenters. The molecule has 3 nitrogen and oxygen atoms in total. The first-order valence-electron chi connectivity index (χ1n) is 8.62. The number of aryl methyl sites for hydroxylation is 1.